The van der Waals surface area contributed by atoms with E-state index in [0.29, 0.717) is 0 Å². The maximum atomic E-state index is 12.1. The lowest BCUT2D eigenvalue weighted by atomic mass is 10.2. The molecule has 0 saturated carbocycles. The van der Waals surface area contributed by atoms with E-state index in [9.17, 15) is 4.79 Å². The van der Waals surface area contributed by atoms with Gasteiger partial charge < -0.3 is 10.6 Å². The Morgan fingerprint density at radius 3 is 3.10 bits per heavy atom. The summed E-state index contributed by atoms with van der Waals surface area (Å²) < 4.78 is 0. The van der Waals surface area contributed by atoms with Crippen molar-refractivity contribution in [3.63, 3.8) is 0 Å². The van der Waals surface area contributed by atoms with Gasteiger partial charge >= 0.3 is 0 Å². The molecule has 1 unspecified atom stereocenters. The highest BCUT2D eigenvalue weighted by molar-refractivity contribution is 7.13. The minimum absolute atomic E-state index is 0.0509. The van der Waals surface area contributed by atoms with Gasteiger partial charge in [-0.05, 0) is 38.4 Å². The van der Waals surface area contributed by atoms with Gasteiger partial charge in [-0.2, -0.15) is 0 Å². The van der Waals surface area contributed by atoms with Gasteiger partial charge in [-0.25, -0.2) is 4.98 Å². The lowest BCUT2D eigenvalue weighted by Crippen LogP contribution is -2.35. The third-order valence-electron chi connectivity index (χ3n) is 3.37. The number of benzene rings is 1. The van der Waals surface area contributed by atoms with Crippen molar-refractivity contribution in [1.29, 1.82) is 0 Å². The van der Waals surface area contributed by atoms with Crippen molar-refractivity contribution in [3.05, 3.63) is 35.3 Å². The molecular weight excluding hydrogens is 270 g/mol. The highest BCUT2D eigenvalue weighted by Crippen LogP contribution is 2.26. The fourth-order valence-electron chi connectivity index (χ4n) is 2.35. The van der Waals surface area contributed by atoms with Gasteiger partial charge in [0.2, 0.25) is 5.91 Å². The van der Waals surface area contributed by atoms with E-state index in [1.54, 1.807) is 11.3 Å². The number of carbonyl (C=O) groups is 1. The highest BCUT2D eigenvalue weighted by Gasteiger charge is 2.21. The van der Waals surface area contributed by atoms with E-state index in [-0.39, 0.29) is 11.9 Å². The molecular formula is C15H17N3OS. The third-order valence-corrected chi connectivity index (χ3v) is 4.38. The van der Waals surface area contributed by atoms with Crippen molar-refractivity contribution in [2.45, 2.75) is 25.8 Å². The largest absolute Gasteiger partial charge is 0.325 e. The fourth-order valence-corrected chi connectivity index (χ4v) is 3.15. The van der Waals surface area contributed by atoms with Crippen LogP contribution in [0.3, 0.4) is 0 Å². The summed E-state index contributed by atoms with van der Waals surface area (Å²) in [5.74, 6) is 0.0509. The standard InChI is InChI=1S/C15H17N3OS/c1-10-9-20-15(17-10)11-4-2-5-12(8-11)18-14(19)13-6-3-7-16-13/h2,4-5,8-9,13,16H,3,6-7H2,1H3,(H,18,19). The van der Waals surface area contributed by atoms with Crippen molar-refractivity contribution in [1.82, 2.24) is 10.3 Å². The predicted molar refractivity (Wildman–Crippen MR) is 81.9 cm³/mol. The molecule has 2 aromatic rings. The van der Waals surface area contributed by atoms with E-state index < -0.39 is 0 Å². The Balaban J connectivity index is 1.75. The average molecular weight is 287 g/mol. The zero-order chi connectivity index (χ0) is 13.9. The minimum atomic E-state index is -0.0548. The topological polar surface area (TPSA) is 54.0 Å². The molecule has 3 rings (SSSR count). The zero-order valence-electron chi connectivity index (χ0n) is 11.3. The monoisotopic (exact) mass is 287 g/mol. The van der Waals surface area contributed by atoms with Crippen LogP contribution in [-0.2, 0) is 4.79 Å². The molecule has 1 aromatic heterocycles. The molecule has 4 nitrogen and oxygen atoms in total. The Labute approximate surface area is 122 Å². The number of nitrogens with zero attached hydrogens (tertiary/aromatic N) is 1. The van der Waals surface area contributed by atoms with E-state index in [2.05, 4.69) is 15.6 Å². The number of nitrogens with one attached hydrogen (secondary N) is 2. The van der Waals surface area contributed by atoms with Crippen molar-refractivity contribution in [2.24, 2.45) is 0 Å². The Bertz CT molecular complexity index is 617. The van der Waals surface area contributed by atoms with Crippen LogP contribution >= 0.6 is 11.3 Å². The lowest BCUT2D eigenvalue weighted by molar-refractivity contribution is -0.117. The van der Waals surface area contributed by atoms with Crippen LogP contribution < -0.4 is 10.6 Å². The Kier molecular flexibility index (Phi) is 3.80. The summed E-state index contributed by atoms with van der Waals surface area (Å²) in [6, 6.07) is 7.80. The first-order valence-electron chi connectivity index (χ1n) is 6.79. The van der Waals surface area contributed by atoms with Crippen LogP contribution in [0.5, 0.6) is 0 Å². The molecule has 2 heterocycles. The first-order chi connectivity index (χ1) is 9.72. The molecule has 0 spiro atoms. The van der Waals surface area contributed by atoms with Crippen LogP contribution in [0.15, 0.2) is 29.6 Å². The van der Waals surface area contributed by atoms with Crippen LogP contribution in [0, 0.1) is 6.92 Å². The molecule has 0 radical (unpaired) electrons. The van der Waals surface area contributed by atoms with E-state index >= 15 is 0 Å². The summed E-state index contributed by atoms with van der Waals surface area (Å²) in [7, 11) is 0. The number of aromatic nitrogens is 1. The summed E-state index contributed by atoms with van der Waals surface area (Å²) in [6.45, 7) is 2.91. The van der Waals surface area contributed by atoms with Gasteiger partial charge in [0, 0.05) is 22.3 Å². The summed E-state index contributed by atoms with van der Waals surface area (Å²) in [5, 5.41) is 9.19. The first kappa shape index (κ1) is 13.3. The summed E-state index contributed by atoms with van der Waals surface area (Å²) in [5.41, 5.74) is 2.89. The number of thiazole rings is 1. The van der Waals surface area contributed by atoms with Gasteiger partial charge in [0.05, 0.1) is 6.04 Å². The quantitative estimate of drug-likeness (QED) is 0.912. The molecule has 2 N–H and O–H groups in total. The van der Waals surface area contributed by atoms with Crippen LogP contribution in [0.1, 0.15) is 18.5 Å². The molecule has 0 bridgehead atoms. The maximum absolute atomic E-state index is 12.1. The number of amides is 1. The van der Waals surface area contributed by atoms with Crippen LogP contribution in [0.25, 0.3) is 10.6 Å². The van der Waals surface area contributed by atoms with Gasteiger partial charge in [0.15, 0.2) is 0 Å². The van der Waals surface area contributed by atoms with Crippen LogP contribution in [-0.4, -0.2) is 23.5 Å². The minimum Gasteiger partial charge on any atom is -0.325 e. The SMILES string of the molecule is Cc1csc(-c2cccc(NC(=O)C3CCCN3)c2)n1. The second-order valence-electron chi connectivity index (χ2n) is 5.01. The molecule has 5 heteroatoms. The normalized spacial score (nSPS) is 18.1. The van der Waals surface area contributed by atoms with Gasteiger partial charge in [0.25, 0.3) is 0 Å². The zero-order valence-corrected chi connectivity index (χ0v) is 12.2. The second kappa shape index (κ2) is 5.73. The second-order valence-corrected chi connectivity index (χ2v) is 5.87. The predicted octanol–water partition coefficient (Wildman–Crippen LogP) is 2.81. The highest BCUT2D eigenvalue weighted by atomic mass is 32.1. The third kappa shape index (κ3) is 2.89. The molecule has 1 aliphatic heterocycles. The van der Waals surface area contributed by atoms with Crippen molar-refractivity contribution < 1.29 is 4.79 Å². The molecule has 1 atom stereocenters. The van der Waals surface area contributed by atoms with E-state index in [1.807, 2.05) is 36.6 Å². The first-order valence-corrected chi connectivity index (χ1v) is 7.67. The van der Waals surface area contributed by atoms with Gasteiger partial charge in [0.1, 0.15) is 5.01 Å². The van der Waals surface area contributed by atoms with Gasteiger partial charge in [-0.1, -0.05) is 12.1 Å². The molecule has 1 fully saturated rings. The smallest absolute Gasteiger partial charge is 0.241 e. The molecule has 1 aromatic carbocycles. The Morgan fingerprint density at radius 1 is 1.50 bits per heavy atom. The van der Waals surface area contributed by atoms with E-state index in [0.717, 1.165) is 41.3 Å². The Morgan fingerprint density at radius 2 is 2.40 bits per heavy atom. The van der Waals surface area contributed by atoms with Crippen molar-refractivity contribution in [3.8, 4) is 10.6 Å². The average Bonchev–Trinajstić information content (AvgIpc) is 3.10. The number of aryl methyl sites for hydroxylation is 1. The molecule has 1 amide bonds. The molecule has 1 saturated heterocycles. The maximum Gasteiger partial charge on any atom is 0.241 e. The van der Waals surface area contributed by atoms with Crippen molar-refractivity contribution >= 4 is 22.9 Å². The molecule has 0 aliphatic carbocycles. The number of carbonyl (C=O) groups excluding carboxylic acids is 1. The summed E-state index contributed by atoms with van der Waals surface area (Å²) >= 11 is 1.62. The van der Waals surface area contributed by atoms with Crippen molar-refractivity contribution in [2.75, 3.05) is 11.9 Å². The van der Waals surface area contributed by atoms with Gasteiger partial charge in [-0.15, -0.1) is 11.3 Å². The van der Waals surface area contributed by atoms with E-state index in [4.69, 9.17) is 0 Å². The summed E-state index contributed by atoms with van der Waals surface area (Å²) in [4.78, 5) is 16.6. The van der Waals surface area contributed by atoms with Crippen LogP contribution in [0.4, 0.5) is 5.69 Å². The number of hydrogen-bond acceptors (Lipinski definition) is 4. The molecule has 20 heavy (non-hydrogen) atoms. The summed E-state index contributed by atoms with van der Waals surface area (Å²) in [6.07, 6.45) is 1.98. The number of anilines is 1. The molecule has 104 valence electrons. The number of rotatable bonds is 3. The fraction of sp³-hybridized carbons (Fsp3) is 0.333. The molecule has 1 aliphatic rings. The Hall–Kier alpha value is -1.72. The lowest BCUT2D eigenvalue weighted by Gasteiger charge is -2.11. The number of hydrogen-bond donors (Lipinski definition) is 2. The van der Waals surface area contributed by atoms with Crippen LogP contribution in [0.2, 0.25) is 0 Å². The van der Waals surface area contributed by atoms with Gasteiger partial charge in [-0.3, -0.25) is 4.79 Å². The van der Waals surface area contributed by atoms with E-state index in [1.165, 1.54) is 0 Å².